The number of halogens is 3. The Morgan fingerprint density at radius 2 is 1.90 bits per heavy atom. The van der Waals surface area contributed by atoms with E-state index in [2.05, 4.69) is 32.5 Å². The molecule has 2 unspecified atom stereocenters. The number of guanidine groups is 1. The first-order chi connectivity index (χ1) is 13.8. The van der Waals surface area contributed by atoms with Crippen LogP contribution in [0.4, 0.5) is 13.2 Å². The van der Waals surface area contributed by atoms with E-state index in [1.54, 1.807) is 19.2 Å². The molecule has 2 atom stereocenters. The standard InChI is InChI=1S/C21H32F3N5/c1-25-20(26-12-17-4-3-10-28(2)13-17)27-19-9-11-29(15-19)14-16-5-7-18(8-6-16)21(22,23)24/h5-8,17,19H,3-4,9-15H2,1-2H3,(H2,25,26,27). The van der Waals surface area contributed by atoms with Crippen LogP contribution in [0, 0.1) is 5.92 Å². The van der Waals surface area contributed by atoms with Gasteiger partial charge < -0.3 is 15.5 Å². The monoisotopic (exact) mass is 411 g/mol. The molecule has 0 amide bonds. The fourth-order valence-corrected chi connectivity index (χ4v) is 4.22. The van der Waals surface area contributed by atoms with Crippen molar-refractivity contribution >= 4 is 5.96 Å². The van der Waals surface area contributed by atoms with E-state index in [1.165, 1.54) is 19.4 Å². The second kappa shape index (κ2) is 9.80. The van der Waals surface area contributed by atoms with Crippen molar-refractivity contribution in [1.29, 1.82) is 0 Å². The SMILES string of the molecule is CN=C(NCC1CCCN(C)C1)NC1CCN(Cc2ccc(C(F)(F)F)cc2)C1. The molecule has 162 valence electrons. The number of hydrogen-bond acceptors (Lipinski definition) is 3. The van der Waals surface area contributed by atoms with Crippen molar-refractivity contribution in [2.75, 3.05) is 46.8 Å². The highest BCUT2D eigenvalue weighted by Crippen LogP contribution is 2.29. The summed E-state index contributed by atoms with van der Waals surface area (Å²) in [7, 11) is 3.96. The first kappa shape index (κ1) is 21.9. The van der Waals surface area contributed by atoms with Crippen LogP contribution < -0.4 is 10.6 Å². The van der Waals surface area contributed by atoms with E-state index in [1.807, 2.05) is 0 Å². The lowest BCUT2D eigenvalue weighted by Crippen LogP contribution is -2.47. The third-order valence-corrected chi connectivity index (χ3v) is 5.80. The van der Waals surface area contributed by atoms with Crippen molar-refractivity contribution in [3.63, 3.8) is 0 Å². The Morgan fingerprint density at radius 1 is 1.14 bits per heavy atom. The third kappa shape index (κ3) is 6.60. The second-order valence-electron chi connectivity index (χ2n) is 8.28. The maximum atomic E-state index is 12.7. The predicted octanol–water partition coefficient (Wildman–Crippen LogP) is 2.79. The Labute approximate surface area is 171 Å². The van der Waals surface area contributed by atoms with Crippen LogP contribution in [0.1, 0.15) is 30.4 Å². The Morgan fingerprint density at radius 3 is 2.55 bits per heavy atom. The summed E-state index contributed by atoms with van der Waals surface area (Å²) in [5.41, 5.74) is 0.309. The first-order valence-electron chi connectivity index (χ1n) is 10.4. The van der Waals surface area contributed by atoms with Crippen LogP contribution in [0.15, 0.2) is 29.3 Å². The summed E-state index contributed by atoms with van der Waals surface area (Å²) < 4.78 is 38.1. The fraction of sp³-hybridized carbons (Fsp3) is 0.667. The Kier molecular flexibility index (Phi) is 7.40. The molecular weight excluding hydrogens is 379 g/mol. The highest BCUT2D eigenvalue weighted by atomic mass is 19.4. The van der Waals surface area contributed by atoms with Gasteiger partial charge in [0.05, 0.1) is 5.56 Å². The van der Waals surface area contributed by atoms with Crippen LogP contribution in [0.5, 0.6) is 0 Å². The van der Waals surface area contributed by atoms with Gasteiger partial charge in [-0.2, -0.15) is 13.2 Å². The van der Waals surface area contributed by atoms with Crippen LogP contribution in [-0.2, 0) is 12.7 Å². The average molecular weight is 412 g/mol. The Hall–Kier alpha value is -1.80. The molecule has 5 nitrogen and oxygen atoms in total. The smallest absolute Gasteiger partial charge is 0.356 e. The number of nitrogens with one attached hydrogen (secondary N) is 2. The summed E-state index contributed by atoms with van der Waals surface area (Å²) in [6, 6.07) is 5.77. The molecular formula is C21H32F3N5. The molecule has 8 heteroatoms. The molecule has 0 bridgehead atoms. The molecule has 0 radical (unpaired) electrons. The number of benzene rings is 1. The minimum absolute atomic E-state index is 0.296. The molecule has 2 saturated heterocycles. The lowest BCUT2D eigenvalue weighted by Gasteiger charge is -2.30. The largest absolute Gasteiger partial charge is 0.416 e. The van der Waals surface area contributed by atoms with Gasteiger partial charge in [-0.05, 0) is 56.5 Å². The molecule has 3 rings (SSSR count). The Balaban J connectivity index is 1.42. The van der Waals surface area contributed by atoms with Gasteiger partial charge in [0.25, 0.3) is 0 Å². The van der Waals surface area contributed by atoms with Gasteiger partial charge in [-0.25, -0.2) is 0 Å². The van der Waals surface area contributed by atoms with Gasteiger partial charge in [-0.15, -0.1) is 0 Å². The zero-order chi connectivity index (χ0) is 20.9. The van der Waals surface area contributed by atoms with Gasteiger partial charge in [-0.3, -0.25) is 9.89 Å². The van der Waals surface area contributed by atoms with E-state index in [0.29, 0.717) is 18.5 Å². The van der Waals surface area contributed by atoms with E-state index in [4.69, 9.17) is 0 Å². The summed E-state index contributed by atoms with van der Waals surface area (Å²) in [4.78, 5) is 9.00. The summed E-state index contributed by atoms with van der Waals surface area (Å²) in [5, 5.41) is 6.95. The number of aliphatic imine (C=N–C) groups is 1. The predicted molar refractivity (Wildman–Crippen MR) is 110 cm³/mol. The van der Waals surface area contributed by atoms with Crippen molar-refractivity contribution in [1.82, 2.24) is 20.4 Å². The van der Waals surface area contributed by atoms with Crippen molar-refractivity contribution in [2.45, 2.75) is 38.0 Å². The lowest BCUT2D eigenvalue weighted by atomic mass is 9.99. The van der Waals surface area contributed by atoms with Crippen molar-refractivity contribution in [3.05, 3.63) is 35.4 Å². The molecule has 0 spiro atoms. The molecule has 1 aromatic carbocycles. The topological polar surface area (TPSA) is 42.9 Å². The summed E-state index contributed by atoms with van der Waals surface area (Å²) in [6.07, 6.45) is -0.792. The number of likely N-dealkylation sites (tertiary alicyclic amines) is 2. The van der Waals surface area contributed by atoms with Crippen molar-refractivity contribution < 1.29 is 13.2 Å². The highest BCUT2D eigenvalue weighted by molar-refractivity contribution is 5.80. The summed E-state index contributed by atoms with van der Waals surface area (Å²) in [5.74, 6) is 1.48. The molecule has 2 N–H and O–H groups in total. The van der Waals surface area contributed by atoms with Crippen LogP contribution in [0.2, 0.25) is 0 Å². The zero-order valence-electron chi connectivity index (χ0n) is 17.3. The maximum Gasteiger partial charge on any atom is 0.416 e. The van der Waals surface area contributed by atoms with E-state index in [0.717, 1.165) is 56.3 Å². The van der Waals surface area contributed by atoms with Crippen molar-refractivity contribution in [2.24, 2.45) is 10.9 Å². The van der Waals surface area contributed by atoms with Crippen LogP contribution in [0.3, 0.4) is 0 Å². The molecule has 0 aromatic heterocycles. The Bertz CT molecular complexity index is 674. The minimum atomic E-state index is -4.28. The summed E-state index contributed by atoms with van der Waals surface area (Å²) in [6.45, 7) is 5.66. The quantitative estimate of drug-likeness (QED) is 0.578. The van der Waals surface area contributed by atoms with Crippen LogP contribution >= 0.6 is 0 Å². The van der Waals surface area contributed by atoms with Gasteiger partial charge >= 0.3 is 6.18 Å². The second-order valence-corrected chi connectivity index (χ2v) is 8.28. The molecule has 2 heterocycles. The van der Waals surface area contributed by atoms with Gasteiger partial charge in [0, 0.05) is 45.8 Å². The van der Waals surface area contributed by atoms with Crippen LogP contribution in [0.25, 0.3) is 0 Å². The first-order valence-corrected chi connectivity index (χ1v) is 10.4. The van der Waals surface area contributed by atoms with E-state index >= 15 is 0 Å². The number of alkyl halides is 3. The number of nitrogens with zero attached hydrogens (tertiary/aromatic N) is 3. The maximum absolute atomic E-state index is 12.7. The zero-order valence-corrected chi connectivity index (χ0v) is 17.3. The van der Waals surface area contributed by atoms with Crippen LogP contribution in [-0.4, -0.2) is 68.6 Å². The van der Waals surface area contributed by atoms with E-state index < -0.39 is 11.7 Å². The fourth-order valence-electron chi connectivity index (χ4n) is 4.22. The summed E-state index contributed by atoms with van der Waals surface area (Å²) >= 11 is 0. The number of rotatable bonds is 5. The normalized spacial score (nSPS) is 24.7. The van der Waals surface area contributed by atoms with E-state index in [-0.39, 0.29) is 0 Å². The van der Waals surface area contributed by atoms with Crippen molar-refractivity contribution in [3.8, 4) is 0 Å². The molecule has 29 heavy (non-hydrogen) atoms. The number of piperidine rings is 1. The lowest BCUT2D eigenvalue weighted by molar-refractivity contribution is -0.137. The molecule has 2 fully saturated rings. The van der Waals surface area contributed by atoms with Gasteiger partial charge in [0.2, 0.25) is 0 Å². The molecule has 2 aliphatic heterocycles. The van der Waals surface area contributed by atoms with Gasteiger partial charge in [0.15, 0.2) is 5.96 Å². The van der Waals surface area contributed by atoms with Gasteiger partial charge in [-0.1, -0.05) is 12.1 Å². The highest BCUT2D eigenvalue weighted by Gasteiger charge is 2.30. The number of hydrogen-bond donors (Lipinski definition) is 2. The third-order valence-electron chi connectivity index (χ3n) is 5.80. The average Bonchev–Trinajstić information content (AvgIpc) is 3.11. The molecule has 1 aromatic rings. The molecule has 2 aliphatic rings. The molecule has 0 aliphatic carbocycles. The van der Waals surface area contributed by atoms with E-state index in [9.17, 15) is 13.2 Å². The molecule has 0 saturated carbocycles. The minimum Gasteiger partial charge on any atom is -0.356 e. The van der Waals surface area contributed by atoms with Gasteiger partial charge in [0.1, 0.15) is 0 Å².